The first-order valence-corrected chi connectivity index (χ1v) is 7.64. The summed E-state index contributed by atoms with van der Waals surface area (Å²) in [5.74, 6) is 0. The van der Waals surface area contributed by atoms with Gasteiger partial charge in [0.1, 0.15) is 0 Å². The molecule has 2 heterocycles. The van der Waals surface area contributed by atoms with Crippen molar-refractivity contribution >= 4 is 10.9 Å². The topological polar surface area (TPSA) is 33.6 Å². The highest BCUT2D eigenvalue weighted by molar-refractivity contribution is 5.92. The Morgan fingerprint density at radius 1 is 0.909 bits per heavy atom. The molecule has 0 fully saturated rings. The second-order valence-corrected chi connectivity index (χ2v) is 5.78. The molecule has 0 unspecified atom stereocenters. The number of nitrogens with one attached hydrogen (secondary N) is 1. The summed E-state index contributed by atoms with van der Waals surface area (Å²) in [5, 5.41) is 5.98. The van der Waals surface area contributed by atoms with Crippen LogP contribution in [0.25, 0.3) is 27.8 Å². The predicted octanol–water partition coefficient (Wildman–Crippen LogP) is 4.12. The lowest BCUT2D eigenvalue weighted by atomic mass is 9.94. The number of benzene rings is 2. The average Bonchev–Trinajstić information content (AvgIpc) is 3.16. The summed E-state index contributed by atoms with van der Waals surface area (Å²) in [6, 6.07) is 18.9. The molecule has 3 nitrogen and oxygen atoms in total. The standard InChI is InChI=1S/C19H15N3/c1-2-6-13(7-3-1)22-18-11-10-15-14-8-4-5-9-17(14)21-19(15)16(18)12-20-22/h1-9,12,21H,10-11H2. The summed E-state index contributed by atoms with van der Waals surface area (Å²) in [7, 11) is 0. The van der Waals surface area contributed by atoms with Crippen molar-refractivity contribution in [2.45, 2.75) is 12.8 Å². The van der Waals surface area contributed by atoms with Gasteiger partial charge in [0.2, 0.25) is 0 Å². The molecule has 0 atom stereocenters. The summed E-state index contributed by atoms with van der Waals surface area (Å²) < 4.78 is 2.07. The first-order valence-electron chi connectivity index (χ1n) is 7.64. The van der Waals surface area contributed by atoms with Gasteiger partial charge in [0, 0.05) is 16.5 Å². The van der Waals surface area contributed by atoms with Gasteiger partial charge in [0.15, 0.2) is 0 Å². The molecular formula is C19H15N3. The van der Waals surface area contributed by atoms with Gasteiger partial charge in [0.25, 0.3) is 0 Å². The molecule has 1 aliphatic carbocycles. The van der Waals surface area contributed by atoms with E-state index >= 15 is 0 Å². The number of hydrogen-bond donors (Lipinski definition) is 1. The Labute approximate surface area is 128 Å². The molecule has 22 heavy (non-hydrogen) atoms. The van der Waals surface area contributed by atoms with Gasteiger partial charge in [-0.2, -0.15) is 5.10 Å². The molecule has 0 amide bonds. The van der Waals surface area contributed by atoms with E-state index in [9.17, 15) is 0 Å². The molecule has 3 heteroatoms. The minimum Gasteiger partial charge on any atom is -0.354 e. The fourth-order valence-corrected chi connectivity index (χ4v) is 3.55. The third kappa shape index (κ3) is 1.53. The van der Waals surface area contributed by atoms with Crippen LogP contribution >= 0.6 is 0 Å². The van der Waals surface area contributed by atoms with E-state index in [1.54, 1.807) is 0 Å². The molecular weight excluding hydrogens is 270 g/mol. The van der Waals surface area contributed by atoms with Crippen molar-refractivity contribution in [1.82, 2.24) is 14.8 Å². The van der Waals surface area contributed by atoms with Gasteiger partial charge in [-0.05, 0) is 36.6 Å². The van der Waals surface area contributed by atoms with E-state index in [-0.39, 0.29) is 0 Å². The van der Waals surface area contributed by atoms with E-state index < -0.39 is 0 Å². The van der Waals surface area contributed by atoms with Crippen LogP contribution in [0.15, 0.2) is 60.8 Å². The van der Waals surface area contributed by atoms with Crippen molar-refractivity contribution in [3.8, 4) is 16.9 Å². The van der Waals surface area contributed by atoms with Crippen molar-refractivity contribution in [2.24, 2.45) is 0 Å². The lowest BCUT2D eigenvalue weighted by Crippen LogP contribution is -2.08. The first-order chi connectivity index (χ1) is 10.9. The number of aromatic nitrogens is 3. The Morgan fingerprint density at radius 3 is 2.64 bits per heavy atom. The molecule has 106 valence electrons. The largest absolute Gasteiger partial charge is 0.354 e. The number of aryl methyl sites for hydroxylation is 1. The quantitative estimate of drug-likeness (QED) is 0.561. The van der Waals surface area contributed by atoms with Crippen molar-refractivity contribution < 1.29 is 0 Å². The van der Waals surface area contributed by atoms with Crippen molar-refractivity contribution in [3.63, 3.8) is 0 Å². The number of nitrogens with zero attached hydrogens (tertiary/aromatic N) is 2. The van der Waals surface area contributed by atoms with E-state index in [4.69, 9.17) is 0 Å². The molecule has 0 radical (unpaired) electrons. The fraction of sp³-hybridized carbons (Fsp3) is 0.105. The van der Waals surface area contributed by atoms with Crippen LogP contribution in [0.4, 0.5) is 0 Å². The van der Waals surface area contributed by atoms with Crippen LogP contribution in [0.5, 0.6) is 0 Å². The minimum absolute atomic E-state index is 1.03. The molecule has 4 aromatic rings. The monoisotopic (exact) mass is 285 g/mol. The first kappa shape index (κ1) is 11.8. The lowest BCUT2D eigenvalue weighted by Gasteiger charge is -2.15. The summed E-state index contributed by atoms with van der Waals surface area (Å²) in [6.45, 7) is 0. The smallest absolute Gasteiger partial charge is 0.0649 e. The molecule has 2 aromatic heterocycles. The second kappa shape index (κ2) is 4.34. The van der Waals surface area contributed by atoms with Crippen LogP contribution in [-0.4, -0.2) is 14.8 Å². The van der Waals surface area contributed by atoms with Gasteiger partial charge in [-0.3, -0.25) is 0 Å². The van der Waals surface area contributed by atoms with Crippen molar-refractivity contribution in [2.75, 3.05) is 0 Å². The van der Waals surface area contributed by atoms with Gasteiger partial charge in [-0.25, -0.2) is 4.68 Å². The Hall–Kier alpha value is -2.81. The molecule has 0 bridgehead atoms. The van der Waals surface area contributed by atoms with Crippen LogP contribution in [0.1, 0.15) is 11.3 Å². The average molecular weight is 285 g/mol. The Balaban J connectivity index is 1.75. The Morgan fingerprint density at radius 2 is 1.73 bits per heavy atom. The van der Waals surface area contributed by atoms with E-state index in [0.29, 0.717) is 0 Å². The van der Waals surface area contributed by atoms with Crippen molar-refractivity contribution in [1.29, 1.82) is 0 Å². The third-order valence-electron chi connectivity index (χ3n) is 4.56. The van der Waals surface area contributed by atoms with E-state index in [2.05, 4.69) is 63.3 Å². The van der Waals surface area contributed by atoms with Crippen LogP contribution in [-0.2, 0) is 12.8 Å². The van der Waals surface area contributed by atoms with Crippen LogP contribution < -0.4 is 0 Å². The summed E-state index contributed by atoms with van der Waals surface area (Å²) in [5.41, 5.74) is 7.54. The number of hydrogen-bond acceptors (Lipinski definition) is 1. The molecule has 5 rings (SSSR count). The maximum Gasteiger partial charge on any atom is 0.0649 e. The zero-order chi connectivity index (χ0) is 14.5. The summed E-state index contributed by atoms with van der Waals surface area (Å²) >= 11 is 0. The highest BCUT2D eigenvalue weighted by atomic mass is 15.3. The Bertz CT molecular complexity index is 977. The van der Waals surface area contributed by atoms with Crippen LogP contribution in [0.3, 0.4) is 0 Å². The van der Waals surface area contributed by atoms with Gasteiger partial charge < -0.3 is 4.98 Å². The van der Waals surface area contributed by atoms with Gasteiger partial charge in [-0.15, -0.1) is 0 Å². The number of aromatic amines is 1. The normalized spacial score (nSPS) is 13.1. The van der Waals surface area contributed by atoms with Crippen LogP contribution in [0, 0.1) is 0 Å². The molecule has 0 spiro atoms. The number of fused-ring (bicyclic) bond motifs is 5. The van der Waals surface area contributed by atoms with Crippen molar-refractivity contribution in [3.05, 3.63) is 72.1 Å². The molecule has 0 saturated carbocycles. The predicted molar refractivity (Wildman–Crippen MR) is 88.3 cm³/mol. The highest BCUT2D eigenvalue weighted by Gasteiger charge is 2.24. The zero-order valence-corrected chi connectivity index (χ0v) is 12.1. The molecule has 1 N–H and O–H groups in total. The summed E-state index contributed by atoms with van der Waals surface area (Å²) in [6.07, 6.45) is 4.08. The third-order valence-corrected chi connectivity index (χ3v) is 4.56. The SMILES string of the molecule is c1ccc(-n2ncc3c2CCc2c-3[nH]c3ccccc23)cc1. The van der Waals surface area contributed by atoms with E-state index in [0.717, 1.165) is 18.5 Å². The minimum atomic E-state index is 1.03. The number of rotatable bonds is 1. The van der Waals surface area contributed by atoms with Gasteiger partial charge in [-0.1, -0.05) is 36.4 Å². The summed E-state index contributed by atoms with van der Waals surface area (Å²) in [4.78, 5) is 3.58. The molecule has 0 saturated heterocycles. The second-order valence-electron chi connectivity index (χ2n) is 5.78. The Kier molecular flexibility index (Phi) is 2.33. The van der Waals surface area contributed by atoms with Gasteiger partial charge >= 0.3 is 0 Å². The number of para-hydroxylation sites is 2. The maximum atomic E-state index is 4.63. The zero-order valence-electron chi connectivity index (χ0n) is 12.1. The highest BCUT2D eigenvalue weighted by Crippen LogP contribution is 2.37. The fourth-order valence-electron chi connectivity index (χ4n) is 3.55. The molecule has 0 aliphatic heterocycles. The number of H-pyrrole nitrogens is 1. The molecule has 2 aromatic carbocycles. The molecule has 1 aliphatic rings. The van der Waals surface area contributed by atoms with Crippen LogP contribution in [0.2, 0.25) is 0 Å². The van der Waals surface area contributed by atoms with E-state index in [1.165, 1.54) is 33.4 Å². The maximum absolute atomic E-state index is 4.63. The van der Waals surface area contributed by atoms with E-state index in [1.807, 2.05) is 12.3 Å². The lowest BCUT2D eigenvalue weighted by molar-refractivity contribution is 0.782. The van der Waals surface area contributed by atoms with Gasteiger partial charge in [0.05, 0.1) is 23.3 Å².